The van der Waals surface area contributed by atoms with Crippen LogP contribution in [0.15, 0.2) is 67.1 Å². The minimum absolute atomic E-state index is 0.00418. The second kappa shape index (κ2) is 17.8. The van der Waals surface area contributed by atoms with Gasteiger partial charge >= 0.3 is 0 Å². The number of nitrogens with zero attached hydrogens (tertiary/aromatic N) is 1. The lowest BCUT2D eigenvalue weighted by atomic mass is 9.93. The summed E-state index contributed by atoms with van der Waals surface area (Å²) in [5.41, 5.74) is 4.45. The van der Waals surface area contributed by atoms with Crippen LogP contribution >= 0.6 is 0 Å². The molecule has 0 aliphatic rings. The summed E-state index contributed by atoms with van der Waals surface area (Å²) in [6.07, 6.45) is 7.14. The van der Waals surface area contributed by atoms with E-state index in [1.165, 1.54) is 17.9 Å². The molecule has 0 aliphatic heterocycles. The van der Waals surface area contributed by atoms with Crippen LogP contribution in [0, 0.1) is 16.7 Å². The van der Waals surface area contributed by atoms with Gasteiger partial charge < -0.3 is 25.1 Å². The number of aromatic amines is 1. The van der Waals surface area contributed by atoms with Gasteiger partial charge in [0.25, 0.3) is 5.91 Å². The van der Waals surface area contributed by atoms with Crippen molar-refractivity contribution >= 4 is 39.3 Å². The Bertz CT molecular complexity index is 1870. The van der Waals surface area contributed by atoms with Gasteiger partial charge in [-0.2, -0.15) is 0 Å². The number of H-pyrrole nitrogens is 1. The van der Waals surface area contributed by atoms with Crippen molar-refractivity contribution in [2.24, 2.45) is 16.7 Å². The van der Waals surface area contributed by atoms with E-state index in [0.29, 0.717) is 37.4 Å². The van der Waals surface area contributed by atoms with Crippen LogP contribution in [-0.4, -0.2) is 59.8 Å². The number of hydrogen-bond acceptors (Lipinski definition) is 7. The number of Topliss-reactive ketones (excluding diaryl/α,β-unsaturated/α-hetero) is 2. The van der Waals surface area contributed by atoms with E-state index in [0.717, 1.165) is 47.9 Å². The molecule has 1 amide bonds. The van der Waals surface area contributed by atoms with Gasteiger partial charge in [-0.05, 0) is 63.3 Å². The molecule has 2 atom stereocenters. The molecule has 280 valence electrons. The van der Waals surface area contributed by atoms with Gasteiger partial charge in [-0.3, -0.25) is 19.4 Å². The van der Waals surface area contributed by atoms with E-state index in [-0.39, 0.29) is 52.4 Å². The molecule has 52 heavy (non-hydrogen) atoms. The van der Waals surface area contributed by atoms with E-state index >= 15 is 0 Å². The van der Waals surface area contributed by atoms with Gasteiger partial charge in [0.1, 0.15) is 11.5 Å². The lowest BCUT2D eigenvalue weighted by Crippen LogP contribution is -2.36. The molecule has 3 N–H and O–H groups in total. The largest absolute Gasteiger partial charge is 0.492 e. The highest BCUT2D eigenvalue weighted by molar-refractivity contribution is 6.09. The zero-order chi connectivity index (χ0) is 38.1. The number of amides is 1. The third kappa shape index (κ3) is 11.2. The maximum Gasteiger partial charge on any atom is 0.255 e. The Morgan fingerprint density at radius 2 is 1.69 bits per heavy atom. The fraction of sp³-hybridized carbons (Fsp3) is 0.488. The minimum atomic E-state index is -0.387. The molecule has 0 aliphatic carbocycles. The van der Waals surface area contributed by atoms with Crippen LogP contribution in [0.5, 0.6) is 5.75 Å². The van der Waals surface area contributed by atoms with E-state index in [1.807, 2.05) is 33.0 Å². The van der Waals surface area contributed by atoms with Gasteiger partial charge in [0.2, 0.25) is 0 Å². The Labute approximate surface area is 309 Å². The molecular weight excluding hydrogens is 652 g/mol. The number of nitrogens with one attached hydrogen (secondary N) is 3. The van der Waals surface area contributed by atoms with Gasteiger partial charge in [0.05, 0.1) is 25.4 Å². The molecule has 9 heteroatoms. The van der Waals surface area contributed by atoms with Crippen molar-refractivity contribution in [3.05, 3.63) is 83.8 Å². The van der Waals surface area contributed by atoms with Crippen LogP contribution < -0.4 is 15.4 Å². The monoisotopic (exact) mass is 710 g/mol. The van der Waals surface area contributed by atoms with Crippen molar-refractivity contribution in [1.29, 1.82) is 0 Å². The molecule has 4 aromatic rings. The first kappa shape index (κ1) is 40.3. The Balaban J connectivity index is 1.24. The van der Waals surface area contributed by atoms with E-state index in [9.17, 15) is 14.4 Å². The third-order valence-electron chi connectivity index (χ3n) is 9.60. The van der Waals surface area contributed by atoms with E-state index in [2.05, 4.69) is 73.1 Å². The van der Waals surface area contributed by atoms with E-state index < -0.39 is 0 Å². The Hall–Kier alpha value is -4.50. The first-order valence-electron chi connectivity index (χ1n) is 18.5. The number of hydrogen-bond donors (Lipinski definition) is 3. The molecule has 9 nitrogen and oxygen atoms in total. The van der Waals surface area contributed by atoms with Crippen molar-refractivity contribution < 1.29 is 23.9 Å². The number of aromatic nitrogens is 2. The smallest absolute Gasteiger partial charge is 0.255 e. The van der Waals surface area contributed by atoms with Gasteiger partial charge in [0.15, 0.2) is 5.78 Å². The van der Waals surface area contributed by atoms with Gasteiger partial charge in [-0.15, -0.1) is 0 Å². The summed E-state index contributed by atoms with van der Waals surface area (Å²) in [7, 11) is 0. The van der Waals surface area contributed by atoms with Crippen LogP contribution in [-0.2, 0) is 16.0 Å². The number of pyridine rings is 1. The predicted molar refractivity (Wildman–Crippen MR) is 210 cm³/mol. The molecule has 2 aromatic heterocycles. The van der Waals surface area contributed by atoms with Gasteiger partial charge in [0, 0.05) is 81.2 Å². The zero-order valence-electron chi connectivity index (χ0n) is 32.4. The molecule has 0 radical (unpaired) electrons. The summed E-state index contributed by atoms with van der Waals surface area (Å²) in [5, 5.41) is 8.81. The first-order valence-corrected chi connectivity index (χ1v) is 18.5. The number of ether oxygens (including phenoxy) is 2. The zero-order valence-corrected chi connectivity index (χ0v) is 32.4. The molecule has 0 saturated carbocycles. The van der Waals surface area contributed by atoms with Gasteiger partial charge in [-0.1, -0.05) is 72.4 Å². The second-order valence-corrected chi connectivity index (χ2v) is 15.9. The van der Waals surface area contributed by atoms with Crippen LogP contribution in [0.4, 0.5) is 0 Å². The van der Waals surface area contributed by atoms with Crippen molar-refractivity contribution in [2.45, 2.75) is 93.5 Å². The lowest BCUT2D eigenvalue weighted by Gasteiger charge is -2.30. The van der Waals surface area contributed by atoms with Crippen molar-refractivity contribution in [1.82, 2.24) is 20.6 Å². The third-order valence-corrected chi connectivity index (χ3v) is 9.60. The standard InChI is InChI=1S/C43H58N4O5/c1-10-28(2)38(49)19-15-30(4)46-41(50)40-33(31(5)48)12-11-13-39(40)52-27-43(8,9)26-51-25-42(6,7)24-45-29(3)14-16-32-17-18-34-35-23-44-21-20-36(35)47-37(34)22-32/h11-13,17-18,20-23,28,30,45,47H,3,10,14-16,19,24-27H2,1-2,4-9H3,(H,46,50). The molecule has 2 aromatic carbocycles. The van der Waals surface area contributed by atoms with Crippen molar-refractivity contribution in [3.8, 4) is 5.75 Å². The second-order valence-electron chi connectivity index (χ2n) is 15.9. The molecule has 0 fully saturated rings. The maximum atomic E-state index is 13.5. The average molecular weight is 711 g/mol. The summed E-state index contributed by atoms with van der Waals surface area (Å²) >= 11 is 0. The topological polar surface area (TPSA) is 122 Å². The fourth-order valence-electron chi connectivity index (χ4n) is 6.05. The van der Waals surface area contributed by atoms with E-state index in [1.54, 1.807) is 24.4 Å². The van der Waals surface area contributed by atoms with Crippen LogP contribution in [0.2, 0.25) is 0 Å². The normalized spacial score (nSPS) is 13.2. The fourth-order valence-corrected chi connectivity index (χ4v) is 6.05. The number of benzene rings is 2. The first-order chi connectivity index (χ1) is 24.6. The summed E-state index contributed by atoms with van der Waals surface area (Å²) in [5.74, 6) is -0.0630. The highest BCUT2D eigenvalue weighted by Gasteiger charge is 2.27. The number of ketones is 2. The average Bonchev–Trinajstić information content (AvgIpc) is 3.48. The minimum Gasteiger partial charge on any atom is -0.492 e. The molecule has 2 heterocycles. The quantitative estimate of drug-likeness (QED) is 0.0741. The molecule has 0 spiro atoms. The Kier molecular flexibility index (Phi) is 13.8. The maximum absolute atomic E-state index is 13.5. The Morgan fingerprint density at radius 3 is 2.42 bits per heavy atom. The SMILES string of the molecule is C=C(CCc1ccc2c(c1)[nH]c1ccncc12)NCC(C)(C)COCC(C)(C)COc1cccc(C(C)=O)c1C(=O)NC(C)CCC(=O)C(C)CC. The molecular formula is C43H58N4O5. The Morgan fingerprint density at radius 1 is 0.942 bits per heavy atom. The molecule has 4 rings (SSSR count). The number of rotatable bonds is 21. The molecule has 2 unspecified atom stereocenters. The number of allylic oxidation sites excluding steroid dienone is 1. The van der Waals surface area contributed by atoms with Crippen molar-refractivity contribution in [3.63, 3.8) is 0 Å². The highest BCUT2D eigenvalue weighted by Crippen LogP contribution is 2.28. The summed E-state index contributed by atoms with van der Waals surface area (Å²) < 4.78 is 12.5. The molecule has 0 bridgehead atoms. The predicted octanol–water partition coefficient (Wildman–Crippen LogP) is 8.62. The summed E-state index contributed by atoms with van der Waals surface area (Å²) in [6, 6.07) is 13.4. The number of aryl methyl sites for hydroxylation is 1. The lowest BCUT2D eigenvalue weighted by molar-refractivity contribution is -0.122. The number of fused-ring (bicyclic) bond motifs is 3. The van der Waals surface area contributed by atoms with Crippen LogP contribution in [0.3, 0.4) is 0 Å². The van der Waals surface area contributed by atoms with Crippen LogP contribution in [0.25, 0.3) is 21.8 Å². The van der Waals surface area contributed by atoms with Crippen LogP contribution in [0.1, 0.15) is 107 Å². The van der Waals surface area contributed by atoms with Crippen molar-refractivity contribution in [2.75, 3.05) is 26.4 Å². The molecule has 0 saturated heterocycles. The number of carbonyl (C=O) groups is 3. The summed E-state index contributed by atoms with van der Waals surface area (Å²) in [6.45, 7) is 21.9. The highest BCUT2D eigenvalue weighted by atomic mass is 16.5. The number of carbonyl (C=O) groups excluding carboxylic acids is 3. The van der Waals surface area contributed by atoms with Gasteiger partial charge in [-0.25, -0.2) is 0 Å². The van der Waals surface area contributed by atoms with E-state index in [4.69, 9.17) is 9.47 Å². The summed E-state index contributed by atoms with van der Waals surface area (Å²) in [4.78, 5) is 46.1.